The Labute approximate surface area is 178 Å². The predicted molar refractivity (Wildman–Crippen MR) is 121 cm³/mol. The van der Waals surface area contributed by atoms with Crippen molar-refractivity contribution in [1.29, 1.82) is 5.41 Å². The number of fused-ring (bicyclic) bond motifs is 1. The molecule has 3 heterocycles. The van der Waals surface area contributed by atoms with Gasteiger partial charge in [-0.2, -0.15) is 0 Å². The van der Waals surface area contributed by atoms with Crippen LogP contribution in [-0.2, 0) is 6.42 Å². The van der Waals surface area contributed by atoms with Crippen molar-refractivity contribution in [3.05, 3.63) is 48.1 Å². The van der Waals surface area contributed by atoms with Gasteiger partial charge in [-0.05, 0) is 57.8 Å². The molecule has 1 atom stereocenters. The molecule has 0 aliphatic carbocycles. The number of piperidine rings is 1. The number of allylic oxidation sites excluding steroid dienone is 1. The topological polar surface area (TPSA) is 86.2 Å². The molecular weight excluding hydrogens is 376 g/mol. The third-order valence-corrected chi connectivity index (χ3v) is 6.12. The van der Waals surface area contributed by atoms with E-state index in [1.807, 2.05) is 6.20 Å². The molecule has 1 fully saturated rings. The number of ether oxygens (including phenoxy) is 1. The van der Waals surface area contributed by atoms with Crippen molar-refractivity contribution >= 4 is 17.5 Å². The Balaban J connectivity index is 1.73. The third kappa shape index (κ3) is 4.31. The van der Waals surface area contributed by atoms with Crippen molar-refractivity contribution in [3.63, 3.8) is 0 Å². The Bertz CT molecular complexity index is 907. The van der Waals surface area contributed by atoms with E-state index in [1.165, 1.54) is 11.9 Å². The predicted octanol–water partition coefficient (Wildman–Crippen LogP) is 3.37. The van der Waals surface area contributed by atoms with Gasteiger partial charge in [0.15, 0.2) is 0 Å². The molecule has 7 heteroatoms. The van der Waals surface area contributed by atoms with Crippen molar-refractivity contribution < 1.29 is 4.74 Å². The van der Waals surface area contributed by atoms with E-state index in [2.05, 4.69) is 51.6 Å². The van der Waals surface area contributed by atoms with E-state index in [-0.39, 0.29) is 0 Å². The van der Waals surface area contributed by atoms with Crippen LogP contribution in [0.15, 0.2) is 36.9 Å². The van der Waals surface area contributed by atoms with Gasteiger partial charge in [0.25, 0.3) is 0 Å². The van der Waals surface area contributed by atoms with Gasteiger partial charge in [-0.15, -0.1) is 0 Å². The van der Waals surface area contributed by atoms with Crippen molar-refractivity contribution in [2.75, 3.05) is 25.0 Å². The molecule has 0 bridgehead atoms. The first-order valence-electron chi connectivity index (χ1n) is 10.7. The highest BCUT2D eigenvalue weighted by atomic mass is 16.5. The first-order chi connectivity index (χ1) is 14.7. The number of anilines is 1. The van der Waals surface area contributed by atoms with Gasteiger partial charge < -0.3 is 25.7 Å². The number of hydrogen-bond acceptors (Lipinski definition) is 7. The van der Waals surface area contributed by atoms with Crippen LogP contribution in [0.5, 0.6) is 11.6 Å². The average molecular weight is 407 g/mol. The van der Waals surface area contributed by atoms with Crippen LogP contribution < -0.4 is 20.3 Å². The zero-order chi connectivity index (χ0) is 20.9. The fraction of sp³-hybridized carbons (Fsp3) is 0.435. The molecule has 2 aromatic rings. The molecule has 2 aliphatic heterocycles. The summed E-state index contributed by atoms with van der Waals surface area (Å²) in [5, 5.41) is 15.0. The highest BCUT2D eigenvalue weighted by Gasteiger charge is 2.26. The Morgan fingerprint density at radius 3 is 2.83 bits per heavy atom. The molecule has 0 amide bonds. The zero-order valence-electron chi connectivity index (χ0n) is 17.7. The molecule has 4 rings (SSSR count). The molecule has 0 saturated carbocycles. The Kier molecular flexibility index (Phi) is 6.28. The largest absolute Gasteiger partial charge is 0.436 e. The van der Waals surface area contributed by atoms with E-state index in [0.29, 0.717) is 18.0 Å². The van der Waals surface area contributed by atoms with Crippen LogP contribution >= 0.6 is 0 Å². The maximum atomic E-state index is 8.06. The van der Waals surface area contributed by atoms with E-state index in [9.17, 15) is 0 Å². The van der Waals surface area contributed by atoms with Gasteiger partial charge in [-0.25, -0.2) is 4.98 Å². The summed E-state index contributed by atoms with van der Waals surface area (Å²) in [6, 6.07) is 5.11. The first kappa shape index (κ1) is 20.3. The van der Waals surface area contributed by atoms with Gasteiger partial charge in [0.2, 0.25) is 5.88 Å². The minimum Gasteiger partial charge on any atom is -0.436 e. The number of nitrogens with zero attached hydrogens (tertiary/aromatic N) is 3. The number of hydrogen-bond donors (Lipinski definition) is 3. The maximum absolute atomic E-state index is 8.06. The molecule has 2 aliphatic rings. The maximum Gasteiger partial charge on any atom is 0.237 e. The summed E-state index contributed by atoms with van der Waals surface area (Å²) in [6.45, 7) is 4.29. The van der Waals surface area contributed by atoms with Crippen LogP contribution in [0.1, 0.15) is 37.3 Å². The van der Waals surface area contributed by atoms with E-state index in [1.54, 1.807) is 18.6 Å². The smallest absolute Gasteiger partial charge is 0.237 e. The summed E-state index contributed by atoms with van der Waals surface area (Å²) >= 11 is 0. The number of nitrogens with one attached hydrogen (secondary N) is 3. The number of aromatic nitrogens is 2. The molecule has 3 N–H and O–H groups in total. The van der Waals surface area contributed by atoms with Gasteiger partial charge in [0, 0.05) is 66.3 Å². The molecule has 7 nitrogen and oxygen atoms in total. The van der Waals surface area contributed by atoms with Crippen molar-refractivity contribution in [2.24, 2.45) is 0 Å². The Morgan fingerprint density at radius 2 is 2.10 bits per heavy atom. The van der Waals surface area contributed by atoms with Gasteiger partial charge in [-0.3, -0.25) is 4.98 Å². The van der Waals surface area contributed by atoms with Crippen LogP contribution in [0.3, 0.4) is 0 Å². The standard InChI is InChI=1S/C23H30N6O/c1-16-3-4-20-21(29(16)2)6-5-19(23(20)30-22-15-26-11-12-27-22)17(13-24)14-28-18-7-9-25-10-8-18/h5-6,11-16,18,24-25,28H,3-4,7-10H2,1-2H3/b17-14+,24-13?. The lowest BCUT2D eigenvalue weighted by atomic mass is 9.92. The van der Waals surface area contributed by atoms with E-state index >= 15 is 0 Å². The van der Waals surface area contributed by atoms with Gasteiger partial charge >= 0.3 is 0 Å². The van der Waals surface area contributed by atoms with E-state index < -0.39 is 0 Å². The average Bonchev–Trinajstić information content (AvgIpc) is 2.79. The molecular formula is C23H30N6O. The molecule has 158 valence electrons. The second-order valence-electron chi connectivity index (χ2n) is 8.02. The molecule has 1 aromatic heterocycles. The monoisotopic (exact) mass is 406 g/mol. The van der Waals surface area contributed by atoms with Crippen molar-refractivity contribution in [1.82, 2.24) is 20.6 Å². The minimum atomic E-state index is 0.426. The van der Waals surface area contributed by atoms with Crippen molar-refractivity contribution in [2.45, 2.75) is 44.7 Å². The van der Waals surface area contributed by atoms with E-state index in [0.717, 1.165) is 61.2 Å². The Hall–Kier alpha value is -2.93. The fourth-order valence-electron chi connectivity index (χ4n) is 4.15. The second kappa shape index (κ2) is 9.26. The van der Waals surface area contributed by atoms with E-state index in [4.69, 9.17) is 10.1 Å². The third-order valence-electron chi connectivity index (χ3n) is 6.12. The SMILES string of the molecule is CC1CCc2c(ccc(/C(C=N)=C/NC3CCNCC3)c2Oc2cnccn2)N1C. The Morgan fingerprint density at radius 1 is 1.27 bits per heavy atom. The lowest BCUT2D eigenvalue weighted by molar-refractivity contribution is 0.420. The summed E-state index contributed by atoms with van der Waals surface area (Å²) in [5.74, 6) is 1.23. The van der Waals surface area contributed by atoms with Gasteiger partial charge in [0.05, 0.1) is 6.20 Å². The van der Waals surface area contributed by atoms with Gasteiger partial charge in [0.1, 0.15) is 5.75 Å². The summed E-state index contributed by atoms with van der Waals surface area (Å²) in [4.78, 5) is 10.7. The number of benzene rings is 1. The fourth-order valence-corrected chi connectivity index (χ4v) is 4.15. The highest BCUT2D eigenvalue weighted by molar-refractivity contribution is 6.09. The molecule has 0 radical (unpaired) electrons. The van der Waals surface area contributed by atoms with Gasteiger partial charge in [-0.1, -0.05) is 0 Å². The summed E-state index contributed by atoms with van der Waals surface area (Å²) in [5.41, 5.74) is 4.04. The van der Waals surface area contributed by atoms with Crippen LogP contribution in [0, 0.1) is 5.41 Å². The van der Waals surface area contributed by atoms with Crippen LogP contribution in [-0.4, -0.2) is 48.4 Å². The lowest BCUT2D eigenvalue weighted by Gasteiger charge is -2.35. The second-order valence-corrected chi connectivity index (χ2v) is 8.02. The zero-order valence-corrected chi connectivity index (χ0v) is 17.7. The molecule has 1 aromatic carbocycles. The normalized spacial score (nSPS) is 19.9. The van der Waals surface area contributed by atoms with Crippen LogP contribution in [0.4, 0.5) is 5.69 Å². The molecule has 0 spiro atoms. The molecule has 1 unspecified atom stereocenters. The first-order valence-corrected chi connectivity index (χ1v) is 10.7. The molecule has 30 heavy (non-hydrogen) atoms. The van der Waals surface area contributed by atoms with Crippen LogP contribution in [0.2, 0.25) is 0 Å². The minimum absolute atomic E-state index is 0.426. The summed E-state index contributed by atoms with van der Waals surface area (Å²) < 4.78 is 6.28. The summed E-state index contributed by atoms with van der Waals surface area (Å²) in [6.07, 6.45) is 12.4. The summed E-state index contributed by atoms with van der Waals surface area (Å²) in [7, 11) is 2.13. The lowest BCUT2D eigenvalue weighted by Crippen LogP contribution is -2.37. The molecule has 1 saturated heterocycles. The highest BCUT2D eigenvalue weighted by Crippen LogP contribution is 2.41. The quantitative estimate of drug-likeness (QED) is 0.638. The number of rotatable bonds is 6. The van der Waals surface area contributed by atoms with Crippen LogP contribution in [0.25, 0.3) is 5.57 Å². The van der Waals surface area contributed by atoms with Crippen molar-refractivity contribution in [3.8, 4) is 11.6 Å².